The van der Waals surface area contributed by atoms with Crippen LogP contribution in [0, 0.1) is 12.7 Å². The van der Waals surface area contributed by atoms with Crippen LogP contribution in [0.25, 0.3) is 10.6 Å². The highest BCUT2D eigenvalue weighted by Crippen LogP contribution is 2.44. The molecular formula is C17H21FN2S. The van der Waals surface area contributed by atoms with Gasteiger partial charge in [0.25, 0.3) is 0 Å². The molecule has 0 radical (unpaired) electrons. The SMILES string of the molecule is CCCNCc1sc(-c2cccc(C)c2F)nc1C1CC1. The summed E-state index contributed by atoms with van der Waals surface area (Å²) in [5.74, 6) is 0.461. The highest BCUT2D eigenvalue weighted by Gasteiger charge is 2.30. The largest absolute Gasteiger partial charge is 0.312 e. The van der Waals surface area contributed by atoms with Crippen LogP contribution in [0.5, 0.6) is 0 Å². The maximum atomic E-state index is 14.3. The zero-order chi connectivity index (χ0) is 14.8. The van der Waals surface area contributed by atoms with Gasteiger partial charge in [-0.2, -0.15) is 0 Å². The lowest BCUT2D eigenvalue weighted by Crippen LogP contribution is -2.13. The van der Waals surface area contributed by atoms with Gasteiger partial charge >= 0.3 is 0 Å². The van der Waals surface area contributed by atoms with Crippen LogP contribution in [0.15, 0.2) is 18.2 Å². The molecule has 0 atom stereocenters. The standard InChI is InChI=1S/C17H21FN2S/c1-3-9-19-10-14-16(12-7-8-12)20-17(21-14)13-6-4-5-11(2)15(13)18/h4-6,12,19H,3,7-10H2,1-2H3. The third-order valence-electron chi connectivity index (χ3n) is 3.83. The summed E-state index contributed by atoms with van der Waals surface area (Å²) in [4.78, 5) is 6.04. The van der Waals surface area contributed by atoms with E-state index >= 15 is 0 Å². The maximum absolute atomic E-state index is 14.3. The fourth-order valence-corrected chi connectivity index (χ4v) is 3.61. The van der Waals surface area contributed by atoms with Crippen LogP contribution in [0.1, 0.15) is 48.2 Å². The van der Waals surface area contributed by atoms with Crippen molar-refractivity contribution in [3.05, 3.63) is 40.2 Å². The van der Waals surface area contributed by atoms with Crippen molar-refractivity contribution in [2.75, 3.05) is 6.54 Å². The molecule has 1 N–H and O–H groups in total. The highest BCUT2D eigenvalue weighted by molar-refractivity contribution is 7.15. The quantitative estimate of drug-likeness (QED) is 0.787. The second-order valence-electron chi connectivity index (χ2n) is 5.71. The van der Waals surface area contributed by atoms with Crippen molar-refractivity contribution in [1.29, 1.82) is 0 Å². The molecule has 2 aromatic rings. The number of rotatable bonds is 6. The van der Waals surface area contributed by atoms with E-state index in [-0.39, 0.29) is 5.82 Å². The molecule has 1 heterocycles. The molecule has 0 unspecified atom stereocenters. The topological polar surface area (TPSA) is 24.9 Å². The first-order chi connectivity index (χ1) is 10.2. The summed E-state index contributed by atoms with van der Waals surface area (Å²) in [6, 6.07) is 5.54. The molecule has 21 heavy (non-hydrogen) atoms. The fourth-order valence-electron chi connectivity index (χ4n) is 2.47. The summed E-state index contributed by atoms with van der Waals surface area (Å²) < 4.78 is 14.3. The number of hydrogen-bond donors (Lipinski definition) is 1. The second-order valence-corrected chi connectivity index (χ2v) is 6.80. The van der Waals surface area contributed by atoms with E-state index in [1.54, 1.807) is 24.3 Å². The molecule has 2 nitrogen and oxygen atoms in total. The van der Waals surface area contributed by atoms with Gasteiger partial charge in [0.2, 0.25) is 0 Å². The van der Waals surface area contributed by atoms with Crippen molar-refractivity contribution in [2.45, 2.75) is 45.6 Å². The molecule has 1 fully saturated rings. The number of hydrogen-bond acceptors (Lipinski definition) is 3. The van der Waals surface area contributed by atoms with Gasteiger partial charge in [-0.05, 0) is 44.4 Å². The lowest BCUT2D eigenvalue weighted by molar-refractivity contribution is 0.622. The molecule has 1 aromatic heterocycles. The van der Waals surface area contributed by atoms with Gasteiger partial charge in [0.1, 0.15) is 10.8 Å². The Hall–Kier alpha value is -1.26. The smallest absolute Gasteiger partial charge is 0.136 e. The zero-order valence-electron chi connectivity index (χ0n) is 12.6. The predicted molar refractivity (Wildman–Crippen MR) is 86.2 cm³/mol. The summed E-state index contributed by atoms with van der Waals surface area (Å²) in [6.07, 6.45) is 3.57. The van der Waals surface area contributed by atoms with Gasteiger partial charge in [-0.3, -0.25) is 0 Å². The minimum atomic E-state index is -0.137. The Balaban J connectivity index is 1.92. The van der Waals surface area contributed by atoms with Crippen molar-refractivity contribution in [3.8, 4) is 10.6 Å². The van der Waals surface area contributed by atoms with E-state index in [0.717, 1.165) is 24.5 Å². The van der Waals surface area contributed by atoms with Gasteiger partial charge in [0.05, 0.1) is 5.69 Å². The predicted octanol–water partition coefficient (Wildman–Crippen LogP) is 4.63. The van der Waals surface area contributed by atoms with Crippen LogP contribution in [-0.2, 0) is 6.54 Å². The highest BCUT2D eigenvalue weighted by atomic mass is 32.1. The molecule has 0 aliphatic heterocycles. The van der Waals surface area contributed by atoms with Gasteiger partial charge in [0.15, 0.2) is 0 Å². The molecule has 4 heteroatoms. The molecule has 112 valence electrons. The molecule has 1 aliphatic rings. The van der Waals surface area contributed by atoms with Gasteiger partial charge in [0, 0.05) is 22.9 Å². The minimum absolute atomic E-state index is 0.137. The molecule has 0 amide bonds. The van der Waals surface area contributed by atoms with Crippen LogP contribution < -0.4 is 5.32 Å². The normalized spacial score (nSPS) is 14.6. The molecule has 0 spiro atoms. The van der Waals surface area contributed by atoms with E-state index in [9.17, 15) is 4.39 Å². The van der Waals surface area contributed by atoms with Gasteiger partial charge in [-0.1, -0.05) is 19.1 Å². The zero-order valence-corrected chi connectivity index (χ0v) is 13.4. The van der Waals surface area contributed by atoms with Crippen LogP contribution in [-0.4, -0.2) is 11.5 Å². The Labute approximate surface area is 129 Å². The van der Waals surface area contributed by atoms with E-state index in [4.69, 9.17) is 4.98 Å². The van der Waals surface area contributed by atoms with Crippen molar-refractivity contribution < 1.29 is 4.39 Å². The number of halogens is 1. The van der Waals surface area contributed by atoms with Crippen LogP contribution in [0.2, 0.25) is 0 Å². The Morgan fingerprint density at radius 2 is 2.19 bits per heavy atom. The minimum Gasteiger partial charge on any atom is -0.312 e. The van der Waals surface area contributed by atoms with E-state index in [1.165, 1.54) is 23.4 Å². The molecule has 1 aromatic carbocycles. The lowest BCUT2D eigenvalue weighted by atomic mass is 10.1. The monoisotopic (exact) mass is 304 g/mol. The summed E-state index contributed by atoms with van der Waals surface area (Å²) in [5, 5.41) is 4.27. The Morgan fingerprint density at radius 3 is 2.90 bits per heavy atom. The van der Waals surface area contributed by atoms with Crippen LogP contribution in [0.3, 0.4) is 0 Å². The molecule has 1 saturated carbocycles. The van der Waals surface area contributed by atoms with E-state index in [1.807, 2.05) is 12.1 Å². The number of nitrogens with one attached hydrogen (secondary N) is 1. The third-order valence-corrected chi connectivity index (χ3v) is 4.93. The third kappa shape index (κ3) is 3.16. The summed E-state index contributed by atoms with van der Waals surface area (Å²) in [6.45, 7) is 5.83. The van der Waals surface area contributed by atoms with Gasteiger partial charge in [-0.15, -0.1) is 11.3 Å². The van der Waals surface area contributed by atoms with Crippen LogP contribution in [0.4, 0.5) is 4.39 Å². The van der Waals surface area contributed by atoms with E-state index in [0.29, 0.717) is 17.0 Å². The second kappa shape index (κ2) is 6.24. The van der Waals surface area contributed by atoms with Crippen molar-refractivity contribution in [3.63, 3.8) is 0 Å². The first-order valence-corrected chi connectivity index (χ1v) is 8.48. The number of thiazole rings is 1. The molecule has 0 saturated heterocycles. The Morgan fingerprint density at radius 1 is 1.38 bits per heavy atom. The number of aryl methyl sites for hydroxylation is 1. The van der Waals surface area contributed by atoms with E-state index in [2.05, 4.69) is 12.2 Å². The first kappa shape index (κ1) is 14.7. The van der Waals surface area contributed by atoms with Gasteiger partial charge < -0.3 is 5.32 Å². The summed E-state index contributed by atoms with van der Waals surface area (Å²) in [5.41, 5.74) is 2.52. The average Bonchev–Trinajstić information content (AvgIpc) is 3.24. The average molecular weight is 304 g/mol. The van der Waals surface area contributed by atoms with Gasteiger partial charge in [-0.25, -0.2) is 9.37 Å². The number of benzene rings is 1. The fraction of sp³-hybridized carbons (Fsp3) is 0.471. The summed E-state index contributed by atoms with van der Waals surface area (Å²) in [7, 11) is 0. The number of nitrogens with zero attached hydrogens (tertiary/aromatic N) is 1. The molecule has 1 aliphatic carbocycles. The molecule has 3 rings (SSSR count). The van der Waals surface area contributed by atoms with Crippen molar-refractivity contribution >= 4 is 11.3 Å². The van der Waals surface area contributed by atoms with Crippen LogP contribution >= 0.6 is 11.3 Å². The molecule has 0 bridgehead atoms. The number of aromatic nitrogens is 1. The summed E-state index contributed by atoms with van der Waals surface area (Å²) >= 11 is 1.64. The van der Waals surface area contributed by atoms with Crippen molar-refractivity contribution in [2.24, 2.45) is 0 Å². The van der Waals surface area contributed by atoms with Crippen molar-refractivity contribution in [1.82, 2.24) is 10.3 Å². The lowest BCUT2D eigenvalue weighted by Gasteiger charge is -2.02. The maximum Gasteiger partial charge on any atom is 0.136 e. The Bertz CT molecular complexity index is 632. The van der Waals surface area contributed by atoms with E-state index < -0.39 is 0 Å². The Kier molecular flexibility index (Phi) is 4.36. The first-order valence-electron chi connectivity index (χ1n) is 7.66. The molecular weight excluding hydrogens is 283 g/mol.